The van der Waals surface area contributed by atoms with Gasteiger partial charge in [0.25, 0.3) is 0 Å². The molecule has 0 spiro atoms. The second-order valence-corrected chi connectivity index (χ2v) is 7.97. The van der Waals surface area contributed by atoms with Crippen LogP contribution in [0, 0.1) is 5.92 Å². The average molecular weight is 340 g/mol. The highest BCUT2D eigenvalue weighted by Crippen LogP contribution is 2.17. The first-order valence-electron chi connectivity index (χ1n) is 8.46. The Morgan fingerprint density at radius 2 is 2.04 bits per heavy atom. The van der Waals surface area contributed by atoms with Gasteiger partial charge < -0.3 is 9.64 Å². The van der Waals surface area contributed by atoms with Gasteiger partial charge in [0.05, 0.1) is 11.5 Å². The van der Waals surface area contributed by atoms with E-state index in [0.29, 0.717) is 18.9 Å². The van der Waals surface area contributed by atoms with Crippen LogP contribution in [0.4, 0.5) is 0 Å². The van der Waals surface area contributed by atoms with E-state index in [0.717, 1.165) is 32.0 Å². The number of sulfonamides is 1. The molecule has 1 aromatic rings. The summed E-state index contributed by atoms with van der Waals surface area (Å²) >= 11 is 0. The molecule has 0 aromatic heterocycles. The molecule has 0 saturated carbocycles. The quantitative estimate of drug-likeness (QED) is 0.739. The molecule has 1 fully saturated rings. The maximum atomic E-state index is 12.2. The van der Waals surface area contributed by atoms with E-state index in [1.54, 1.807) is 24.3 Å². The lowest BCUT2D eigenvalue weighted by Gasteiger charge is -2.30. The van der Waals surface area contributed by atoms with Crippen LogP contribution < -0.4 is 9.46 Å². The molecular weight excluding hydrogens is 312 g/mol. The molecule has 1 heterocycles. The minimum atomic E-state index is -3.43. The van der Waals surface area contributed by atoms with E-state index in [4.69, 9.17) is 4.74 Å². The zero-order valence-electron chi connectivity index (χ0n) is 14.1. The van der Waals surface area contributed by atoms with Crippen molar-refractivity contribution in [3.8, 4) is 5.75 Å². The van der Waals surface area contributed by atoms with Gasteiger partial charge in [0.1, 0.15) is 5.75 Å². The number of hydrogen-bond donors (Lipinski definition) is 1. The predicted octanol–water partition coefficient (Wildman–Crippen LogP) is 2.49. The smallest absolute Gasteiger partial charge is 0.240 e. The van der Waals surface area contributed by atoms with E-state index in [1.807, 2.05) is 6.92 Å². The fourth-order valence-corrected chi connectivity index (χ4v) is 4.04. The van der Waals surface area contributed by atoms with Gasteiger partial charge in [0.15, 0.2) is 0 Å². The molecule has 0 radical (unpaired) electrons. The van der Waals surface area contributed by atoms with Crippen molar-refractivity contribution in [3.63, 3.8) is 0 Å². The van der Waals surface area contributed by atoms with E-state index in [9.17, 15) is 8.42 Å². The Morgan fingerprint density at radius 1 is 1.30 bits per heavy atom. The summed E-state index contributed by atoms with van der Waals surface area (Å²) in [6.45, 7) is 8.44. The Balaban J connectivity index is 1.77. The van der Waals surface area contributed by atoms with Crippen LogP contribution in [0.25, 0.3) is 0 Å². The maximum Gasteiger partial charge on any atom is 0.240 e. The van der Waals surface area contributed by atoms with Gasteiger partial charge in [-0.2, -0.15) is 0 Å². The normalized spacial score (nSPS) is 19.7. The monoisotopic (exact) mass is 340 g/mol. The summed E-state index contributed by atoms with van der Waals surface area (Å²) in [4.78, 5) is 2.71. The lowest BCUT2D eigenvalue weighted by atomic mass is 10.0. The summed E-state index contributed by atoms with van der Waals surface area (Å²) in [5, 5.41) is 0. The van der Waals surface area contributed by atoms with Crippen LogP contribution in [0.2, 0.25) is 0 Å². The Hall–Kier alpha value is -1.11. The molecule has 1 saturated heterocycles. The summed E-state index contributed by atoms with van der Waals surface area (Å²) in [5.41, 5.74) is 0. The van der Waals surface area contributed by atoms with Crippen LogP contribution in [-0.4, -0.2) is 46.1 Å². The molecule has 6 heteroatoms. The summed E-state index contributed by atoms with van der Waals surface area (Å²) in [6, 6.07) is 6.54. The molecule has 2 rings (SSSR count). The SMILES string of the molecule is CCOc1ccc(S(=O)(=O)NCCCN2CCC[C@H](C)C2)cc1. The Kier molecular flexibility index (Phi) is 6.87. The highest BCUT2D eigenvalue weighted by molar-refractivity contribution is 7.89. The van der Waals surface area contributed by atoms with Gasteiger partial charge >= 0.3 is 0 Å². The highest BCUT2D eigenvalue weighted by Gasteiger charge is 2.17. The second-order valence-electron chi connectivity index (χ2n) is 6.20. The number of nitrogens with one attached hydrogen (secondary N) is 1. The van der Waals surface area contributed by atoms with Crippen molar-refractivity contribution < 1.29 is 13.2 Å². The molecule has 23 heavy (non-hydrogen) atoms. The molecule has 0 aliphatic carbocycles. The van der Waals surface area contributed by atoms with Crippen LogP contribution >= 0.6 is 0 Å². The highest BCUT2D eigenvalue weighted by atomic mass is 32.2. The maximum absolute atomic E-state index is 12.2. The number of likely N-dealkylation sites (tertiary alicyclic amines) is 1. The summed E-state index contributed by atoms with van der Waals surface area (Å²) in [7, 11) is -3.43. The molecule has 5 nitrogen and oxygen atoms in total. The molecule has 1 aliphatic heterocycles. The van der Waals surface area contributed by atoms with Gasteiger partial charge in [-0.15, -0.1) is 0 Å². The number of rotatable bonds is 8. The molecule has 0 amide bonds. The van der Waals surface area contributed by atoms with E-state index in [1.165, 1.54) is 12.8 Å². The average Bonchev–Trinajstić information content (AvgIpc) is 2.53. The minimum Gasteiger partial charge on any atom is -0.494 e. The minimum absolute atomic E-state index is 0.285. The van der Waals surface area contributed by atoms with Crippen molar-refractivity contribution in [1.82, 2.24) is 9.62 Å². The third kappa shape index (κ3) is 5.79. The fourth-order valence-electron chi connectivity index (χ4n) is 2.96. The van der Waals surface area contributed by atoms with E-state index < -0.39 is 10.0 Å². The van der Waals surface area contributed by atoms with Gasteiger partial charge in [-0.05, 0) is 69.5 Å². The molecule has 1 aromatic carbocycles. The van der Waals surface area contributed by atoms with Crippen LogP contribution in [0.5, 0.6) is 5.75 Å². The number of benzene rings is 1. The molecule has 1 N–H and O–H groups in total. The van der Waals surface area contributed by atoms with Crippen molar-refractivity contribution in [2.45, 2.75) is 38.0 Å². The largest absolute Gasteiger partial charge is 0.494 e. The summed E-state index contributed by atoms with van der Waals surface area (Å²) in [5.74, 6) is 1.44. The number of hydrogen-bond acceptors (Lipinski definition) is 4. The van der Waals surface area contributed by atoms with Crippen LogP contribution in [-0.2, 0) is 10.0 Å². The molecule has 130 valence electrons. The van der Waals surface area contributed by atoms with E-state index in [2.05, 4.69) is 16.5 Å². The van der Waals surface area contributed by atoms with Crippen molar-refractivity contribution in [2.75, 3.05) is 32.8 Å². The van der Waals surface area contributed by atoms with Crippen LogP contribution in [0.3, 0.4) is 0 Å². The van der Waals surface area contributed by atoms with Gasteiger partial charge in [-0.1, -0.05) is 6.92 Å². The molecule has 1 aliphatic rings. The van der Waals surface area contributed by atoms with Gasteiger partial charge in [-0.25, -0.2) is 13.1 Å². The first-order chi connectivity index (χ1) is 11.0. The predicted molar refractivity (Wildman–Crippen MR) is 92.3 cm³/mol. The van der Waals surface area contributed by atoms with Gasteiger partial charge in [-0.3, -0.25) is 0 Å². The number of ether oxygens (including phenoxy) is 1. The lowest BCUT2D eigenvalue weighted by molar-refractivity contribution is 0.182. The molecule has 0 bridgehead atoms. The fraction of sp³-hybridized carbons (Fsp3) is 0.647. The zero-order chi connectivity index (χ0) is 16.7. The molecular formula is C17H28N2O3S. The van der Waals surface area contributed by atoms with Crippen molar-refractivity contribution in [1.29, 1.82) is 0 Å². The summed E-state index contributed by atoms with van der Waals surface area (Å²) < 4.78 is 32.5. The van der Waals surface area contributed by atoms with E-state index in [-0.39, 0.29) is 4.90 Å². The van der Waals surface area contributed by atoms with Gasteiger partial charge in [0.2, 0.25) is 10.0 Å². The van der Waals surface area contributed by atoms with Crippen LogP contribution in [0.15, 0.2) is 29.2 Å². The molecule has 0 unspecified atom stereocenters. The van der Waals surface area contributed by atoms with Crippen LogP contribution in [0.1, 0.15) is 33.1 Å². The van der Waals surface area contributed by atoms with Crippen molar-refractivity contribution >= 4 is 10.0 Å². The Bertz CT molecular complexity index is 572. The van der Waals surface area contributed by atoms with Crippen molar-refractivity contribution in [3.05, 3.63) is 24.3 Å². The number of piperidine rings is 1. The third-order valence-corrected chi connectivity index (χ3v) is 5.61. The standard InChI is InChI=1S/C17H28N2O3S/c1-3-22-16-7-9-17(10-8-16)23(20,21)18-11-5-13-19-12-4-6-15(2)14-19/h7-10,15,18H,3-6,11-14H2,1-2H3/t15-/m0/s1. The lowest BCUT2D eigenvalue weighted by Crippen LogP contribution is -2.36. The first kappa shape index (κ1) is 18.2. The number of nitrogens with zero attached hydrogens (tertiary/aromatic N) is 1. The first-order valence-corrected chi connectivity index (χ1v) is 9.94. The summed E-state index contributed by atoms with van der Waals surface area (Å²) in [6.07, 6.45) is 3.39. The van der Waals surface area contributed by atoms with Gasteiger partial charge in [0, 0.05) is 13.1 Å². The van der Waals surface area contributed by atoms with Crippen molar-refractivity contribution in [2.24, 2.45) is 5.92 Å². The molecule has 1 atom stereocenters. The topological polar surface area (TPSA) is 58.6 Å². The Morgan fingerprint density at radius 3 is 2.70 bits per heavy atom. The Labute approximate surface area is 140 Å². The second kappa shape index (κ2) is 8.66. The van der Waals surface area contributed by atoms with E-state index >= 15 is 0 Å². The third-order valence-electron chi connectivity index (χ3n) is 4.13. The zero-order valence-corrected chi connectivity index (χ0v) is 14.9.